The summed E-state index contributed by atoms with van der Waals surface area (Å²) in [6.45, 7) is 10.9. The number of aliphatic hydroxyl groups excluding tert-OH is 1. The highest BCUT2D eigenvalue weighted by atomic mass is 19.1. The number of benzene rings is 2. The molecular weight excluding hydrogens is 452 g/mol. The summed E-state index contributed by atoms with van der Waals surface area (Å²) in [5.74, 6) is -1.22. The summed E-state index contributed by atoms with van der Waals surface area (Å²) in [7, 11) is 0. The lowest BCUT2D eigenvalue weighted by Crippen LogP contribution is -2.40. The van der Waals surface area contributed by atoms with Gasteiger partial charge in [-0.15, -0.1) is 0 Å². The molecule has 0 spiro atoms. The summed E-state index contributed by atoms with van der Waals surface area (Å²) in [4.78, 5) is 2.14. The average molecular weight is 488 g/mol. The van der Waals surface area contributed by atoms with Gasteiger partial charge in [0.05, 0.1) is 35.8 Å². The van der Waals surface area contributed by atoms with Crippen LogP contribution in [-0.4, -0.2) is 51.2 Å². The Labute approximate surface area is 206 Å². The van der Waals surface area contributed by atoms with Gasteiger partial charge >= 0.3 is 0 Å². The molecule has 0 unspecified atom stereocenters. The van der Waals surface area contributed by atoms with Gasteiger partial charge in [-0.05, 0) is 58.4 Å². The fraction of sp³-hybridized carbons (Fsp3) is 0.444. The van der Waals surface area contributed by atoms with Gasteiger partial charge in [0.25, 0.3) is 0 Å². The van der Waals surface area contributed by atoms with Gasteiger partial charge in [-0.3, -0.25) is 4.90 Å². The summed E-state index contributed by atoms with van der Waals surface area (Å²) < 4.78 is 41.3. The van der Waals surface area contributed by atoms with Crippen molar-refractivity contribution in [3.8, 4) is 17.3 Å². The summed E-state index contributed by atoms with van der Waals surface area (Å²) in [6, 6.07) is 12.8. The highest BCUT2D eigenvalue weighted by Crippen LogP contribution is 2.33. The third-order valence-electron chi connectivity index (χ3n) is 5.88. The van der Waals surface area contributed by atoms with Crippen molar-refractivity contribution in [1.29, 1.82) is 0 Å². The van der Waals surface area contributed by atoms with E-state index in [1.54, 1.807) is 4.68 Å². The van der Waals surface area contributed by atoms with Crippen molar-refractivity contribution in [1.82, 2.24) is 14.7 Å². The number of nitrogens with zero attached hydrogens (tertiary/aromatic N) is 3. The Bertz CT molecular complexity index is 1090. The molecule has 8 heteroatoms. The monoisotopic (exact) mass is 487 g/mol. The fourth-order valence-corrected chi connectivity index (χ4v) is 3.72. The van der Waals surface area contributed by atoms with Crippen molar-refractivity contribution in [2.24, 2.45) is 0 Å². The predicted molar refractivity (Wildman–Crippen MR) is 132 cm³/mol. The zero-order valence-electron chi connectivity index (χ0n) is 21.0. The third-order valence-corrected chi connectivity index (χ3v) is 5.88. The molecule has 1 heterocycles. The summed E-state index contributed by atoms with van der Waals surface area (Å²) in [5, 5.41) is 15.3. The minimum atomic E-state index is -0.797. The molecule has 0 saturated heterocycles. The second-order valence-corrected chi connectivity index (χ2v) is 9.02. The van der Waals surface area contributed by atoms with Crippen LogP contribution >= 0.6 is 0 Å². The number of ether oxygens (including phenoxy) is 2. The SMILES string of the molecule is CC[C@H](C)N(Cc1c(C)nn(-c2ccccc2)c1Oc1ccc(F)cc1F)C[C@@H](O)COC(C)C. The van der Waals surface area contributed by atoms with E-state index in [1.807, 2.05) is 51.1 Å². The molecule has 190 valence electrons. The number of rotatable bonds is 12. The number of aliphatic hydroxyl groups is 1. The summed E-state index contributed by atoms with van der Waals surface area (Å²) >= 11 is 0. The van der Waals surface area contributed by atoms with Crippen LogP contribution in [0, 0.1) is 18.6 Å². The van der Waals surface area contributed by atoms with Crippen LogP contribution in [0.25, 0.3) is 5.69 Å². The lowest BCUT2D eigenvalue weighted by Gasteiger charge is -2.30. The van der Waals surface area contributed by atoms with Crippen molar-refractivity contribution in [3.63, 3.8) is 0 Å². The summed E-state index contributed by atoms with van der Waals surface area (Å²) in [5.41, 5.74) is 2.22. The van der Waals surface area contributed by atoms with Crippen molar-refractivity contribution in [2.45, 2.75) is 65.8 Å². The van der Waals surface area contributed by atoms with Crippen molar-refractivity contribution >= 4 is 0 Å². The Balaban J connectivity index is 1.99. The molecule has 3 aromatic rings. The van der Waals surface area contributed by atoms with Gasteiger partial charge in [0.1, 0.15) is 5.82 Å². The second kappa shape index (κ2) is 12.2. The van der Waals surface area contributed by atoms with E-state index in [0.29, 0.717) is 24.7 Å². The molecule has 6 nitrogen and oxygen atoms in total. The molecule has 0 bridgehead atoms. The lowest BCUT2D eigenvalue weighted by molar-refractivity contribution is -0.0150. The number of hydrogen-bond acceptors (Lipinski definition) is 5. The smallest absolute Gasteiger partial charge is 0.227 e. The van der Waals surface area contributed by atoms with E-state index in [4.69, 9.17) is 9.47 Å². The Morgan fingerprint density at radius 3 is 2.43 bits per heavy atom. The highest BCUT2D eigenvalue weighted by Gasteiger charge is 2.25. The van der Waals surface area contributed by atoms with Gasteiger partial charge in [0.2, 0.25) is 5.88 Å². The number of halogens is 2. The quantitative estimate of drug-likeness (QED) is 0.358. The van der Waals surface area contributed by atoms with Crippen LogP contribution in [-0.2, 0) is 11.3 Å². The first-order valence-electron chi connectivity index (χ1n) is 12.0. The third kappa shape index (κ3) is 7.10. The van der Waals surface area contributed by atoms with E-state index in [9.17, 15) is 13.9 Å². The molecule has 0 saturated carbocycles. The molecule has 0 aliphatic carbocycles. The Hall–Kier alpha value is -2.81. The Morgan fingerprint density at radius 1 is 1.09 bits per heavy atom. The molecule has 0 radical (unpaired) electrons. The largest absolute Gasteiger partial charge is 0.435 e. The second-order valence-electron chi connectivity index (χ2n) is 9.02. The zero-order valence-corrected chi connectivity index (χ0v) is 21.0. The number of aryl methyl sites for hydroxylation is 1. The van der Waals surface area contributed by atoms with Crippen LogP contribution in [0.1, 0.15) is 45.4 Å². The molecule has 0 aliphatic rings. The molecule has 35 heavy (non-hydrogen) atoms. The molecule has 0 amide bonds. The normalized spacial score (nSPS) is 13.4. The molecule has 1 N–H and O–H groups in total. The van der Waals surface area contributed by atoms with Crippen LogP contribution in [0.15, 0.2) is 48.5 Å². The molecule has 0 aliphatic heterocycles. The maximum atomic E-state index is 14.5. The molecule has 0 fully saturated rings. The molecule has 2 aromatic carbocycles. The predicted octanol–water partition coefficient (Wildman–Crippen LogP) is 5.64. The van der Waals surface area contributed by atoms with Crippen LogP contribution in [0.4, 0.5) is 8.78 Å². The van der Waals surface area contributed by atoms with Crippen LogP contribution in [0.3, 0.4) is 0 Å². The molecule has 2 atom stereocenters. The van der Waals surface area contributed by atoms with Gasteiger partial charge in [0, 0.05) is 25.2 Å². The van der Waals surface area contributed by atoms with Crippen LogP contribution in [0.2, 0.25) is 0 Å². The Morgan fingerprint density at radius 2 is 1.80 bits per heavy atom. The minimum absolute atomic E-state index is 0.0265. The number of hydrogen-bond donors (Lipinski definition) is 1. The van der Waals surface area contributed by atoms with Gasteiger partial charge in [-0.1, -0.05) is 25.1 Å². The standard InChI is InChI=1S/C27H35F2N3O3/c1-6-19(4)31(15-23(33)17-34-18(2)3)16-24-20(5)30-32(22-10-8-7-9-11-22)27(24)35-26-13-12-21(28)14-25(26)29/h7-14,18-19,23,33H,6,15-17H2,1-5H3/t19-,23+/m0/s1. The molecule has 3 rings (SSSR count). The topological polar surface area (TPSA) is 59.8 Å². The maximum Gasteiger partial charge on any atom is 0.227 e. The van der Waals surface area contributed by atoms with Crippen LogP contribution < -0.4 is 4.74 Å². The van der Waals surface area contributed by atoms with Crippen molar-refractivity contribution in [2.75, 3.05) is 13.2 Å². The van der Waals surface area contributed by atoms with E-state index in [-0.39, 0.29) is 24.5 Å². The molecule has 1 aromatic heterocycles. The minimum Gasteiger partial charge on any atom is -0.435 e. The number of para-hydroxylation sites is 1. The Kier molecular flexibility index (Phi) is 9.37. The van der Waals surface area contributed by atoms with Gasteiger partial charge < -0.3 is 14.6 Å². The zero-order chi connectivity index (χ0) is 25.5. The fourth-order valence-electron chi connectivity index (χ4n) is 3.72. The average Bonchev–Trinajstić information content (AvgIpc) is 3.13. The van der Waals surface area contributed by atoms with E-state index in [2.05, 4.69) is 23.8 Å². The summed E-state index contributed by atoms with van der Waals surface area (Å²) in [6.07, 6.45) is 0.223. The van der Waals surface area contributed by atoms with E-state index in [0.717, 1.165) is 29.8 Å². The van der Waals surface area contributed by atoms with Crippen LogP contribution in [0.5, 0.6) is 11.6 Å². The van der Waals surface area contributed by atoms with Crippen molar-refractivity contribution in [3.05, 3.63) is 71.4 Å². The lowest BCUT2D eigenvalue weighted by atomic mass is 10.1. The van der Waals surface area contributed by atoms with Gasteiger partial charge in [0.15, 0.2) is 11.6 Å². The highest BCUT2D eigenvalue weighted by molar-refractivity contribution is 5.43. The molecular formula is C27H35F2N3O3. The van der Waals surface area contributed by atoms with E-state index in [1.165, 1.54) is 6.07 Å². The van der Waals surface area contributed by atoms with E-state index >= 15 is 0 Å². The first-order chi connectivity index (χ1) is 16.7. The van der Waals surface area contributed by atoms with E-state index < -0.39 is 17.7 Å². The first kappa shape index (κ1) is 26.8. The number of aromatic nitrogens is 2. The van der Waals surface area contributed by atoms with Crippen molar-refractivity contribution < 1.29 is 23.4 Å². The van der Waals surface area contributed by atoms with Gasteiger partial charge in [-0.25, -0.2) is 13.5 Å². The first-order valence-corrected chi connectivity index (χ1v) is 12.0. The maximum absolute atomic E-state index is 14.5. The van der Waals surface area contributed by atoms with Gasteiger partial charge in [-0.2, -0.15) is 5.10 Å².